The van der Waals surface area contributed by atoms with E-state index in [9.17, 15) is 13.8 Å². The summed E-state index contributed by atoms with van der Waals surface area (Å²) in [4.78, 5) is 40.2. The molecule has 19 heteroatoms. The number of anilines is 4. The number of amides is 2. The number of urea groups is 1. The van der Waals surface area contributed by atoms with Crippen molar-refractivity contribution in [2.75, 3.05) is 41.8 Å². The minimum Gasteiger partial charge on any atom is -0.485 e. The van der Waals surface area contributed by atoms with Crippen molar-refractivity contribution in [1.82, 2.24) is 49.8 Å². The standard InChI is InChI=1S/C42H44FN13O4S/c1-25(2)60-38-37(27-21-46-47-22-27)45-24-56-40(38)49-41(51-56)48-33-12-10-30(19-32(33)43)61(59)29-8-5-7-26(17-29)23-53-14-15-54(36-20-35(36)53)28-9-11-31-34(18-28)52(4)50-39(31)55(13-6-16-57)42(58)44-3/h5,7-12,16-19,21-22,24-25,35-36H,6,13-15,20,23H2,1-4H3,(H,44,58)(H,46,47)(H,48,51). The van der Waals surface area contributed by atoms with Gasteiger partial charge in [0.1, 0.15) is 24.1 Å². The molecule has 3 unspecified atom stereocenters. The fourth-order valence-corrected chi connectivity index (χ4v) is 9.12. The number of aldehydes is 1. The maximum atomic E-state index is 15.6. The molecular formula is C42H44FN13O4S. The van der Waals surface area contributed by atoms with Crippen molar-refractivity contribution in [2.24, 2.45) is 7.05 Å². The Balaban J connectivity index is 0.857. The number of nitrogens with one attached hydrogen (secondary N) is 3. The zero-order chi connectivity index (χ0) is 42.4. The molecule has 4 aromatic heterocycles. The van der Waals surface area contributed by atoms with E-state index in [-0.39, 0.29) is 36.7 Å². The van der Waals surface area contributed by atoms with E-state index < -0.39 is 16.6 Å². The fourth-order valence-electron chi connectivity index (χ4n) is 7.99. The lowest BCUT2D eigenvalue weighted by molar-refractivity contribution is -0.107. The number of hydrogen-bond donors (Lipinski definition) is 3. The molecule has 0 radical (unpaired) electrons. The number of rotatable bonds is 14. The van der Waals surface area contributed by atoms with E-state index in [0.717, 1.165) is 53.5 Å². The number of hydrogen-bond acceptors (Lipinski definition) is 12. The van der Waals surface area contributed by atoms with E-state index in [1.807, 2.05) is 45.2 Å². The van der Waals surface area contributed by atoms with Gasteiger partial charge in [0.15, 0.2) is 11.6 Å². The first-order valence-electron chi connectivity index (χ1n) is 20.0. The van der Waals surface area contributed by atoms with Crippen LogP contribution in [0.4, 0.5) is 32.3 Å². The first-order valence-corrected chi connectivity index (χ1v) is 21.1. The number of aromatic nitrogens is 8. The largest absolute Gasteiger partial charge is 0.485 e. The monoisotopic (exact) mass is 845 g/mol. The highest BCUT2D eigenvalue weighted by molar-refractivity contribution is 7.85. The molecule has 9 rings (SSSR count). The van der Waals surface area contributed by atoms with Gasteiger partial charge >= 0.3 is 6.03 Å². The maximum absolute atomic E-state index is 15.6. The van der Waals surface area contributed by atoms with Crippen LogP contribution in [0.3, 0.4) is 0 Å². The Morgan fingerprint density at radius 1 is 1.10 bits per heavy atom. The van der Waals surface area contributed by atoms with E-state index in [0.29, 0.717) is 51.3 Å². The summed E-state index contributed by atoms with van der Waals surface area (Å²) in [5.41, 5.74) is 4.82. The predicted octanol–water partition coefficient (Wildman–Crippen LogP) is 5.44. The Kier molecular flexibility index (Phi) is 10.7. The average molecular weight is 846 g/mol. The summed E-state index contributed by atoms with van der Waals surface area (Å²) in [6, 6.07) is 18.7. The minimum atomic E-state index is -1.63. The molecule has 17 nitrogen and oxygen atoms in total. The predicted molar refractivity (Wildman–Crippen MR) is 228 cm³/mol. The van der Waals surface area contributed by atoms with Crippen LogP contribution in [0.5, 0.6) is 5.75 Å². The number of carbonyl (C=O) groups is 2. The molecule has 314 valence electrons. The van der Waals surface area contributed by atoms with Crippen LogP contribution in [-0.4, -0.2) is 106 Å². The second kappa shape index (κ2) is 16.4. The number of aromatic amines is 1. The molecule has 3 aromatic carbocycles. The molecule has 2 amide bonds. The molecule has 7 aromatic rings. The molecule has 2 aliphatic rings. The number of carbonyl (C=O) groups excluding carboxylic acids is 2. The molecule has 0 spiro atoms. The zero-order valence-electron chi connectivity index (χ0n) is 33.9. The number of benzene rings is 3. The van der Waals surface area contributed by atoms with E-state index in [1.54, 1.807) is 36.3 Å². The van der Waals surface area contributed by atoms with Crippen LogP contribution in [-0.2, 0) is 29.2 Å². The first-order chi connectivity index (χ1) is 29.6. The Bertz CT molecular complexity index is 2790. The van der Waals surface area contributed by atoms with Gasteiger partial charge in [0.25, 0.3) is 0 Å². The van der Waals surface area contributed by atoms with Crippen molar-refractivity contribution in [3.05, 3.63) is 90.8 Å². The molecule has 5 heterocycles. The molecule has 61 heavy (non-hydrogen) atoms. The lowest BCUT2D eigenvalue weighted by atomic mass is 10.1. The first kappa shape index (κ1) is 39.7. The van der Waals surface area contributed by atoms with Crippen molar-refractivity contribution in [3.8, 4) is 17.0 Å². The van der Waals surface area contributed by atoms with Gasteiger partial charge in [-0.1, -0.05) is 12.1 Å². The average Bonchev–Trinajstić information content (AvgIpc) is 3.52. The lowest BCUT2D eigenvalue weighted by Gasteiger charge is -2.35. The van der Waals surface area contributed by atoms with Crippen LogP contribution < -0.4 is 25.2 Å². The summed E-state index contributed by atoms with van der Waals surface area (Å²) in [6.45, 7) is 6.40. The number of H-pyrrole nitrogens is 1. The molecule has 2 fully saturated rings. The van der Waals surface area contributed by atoms with E-state index in [2.05, 4.69) is 62.9 Å². The quantitative estimate of drug-likeness (QED) is 0.118. The Labute approximate surface area is 352 Å². The SMILES string of the molecule is CNC(=O)N(CCC=O)c1nn(C)c2cc(N3CCN(Cc4cccc(S(=O)c5ccc(Nc6nc7c(OC(C)C)c(-c8cn[nH]c8)ncn7n6)c(F)c5)c4)C4CC43)ccc12. The van der Waals surface area contributed by atoms with E-state index >= 15 is 4.39 Å². The van der Waals surface area contributed by atoms with Crippen LogP contribution in [0.25, 0.3) is 27.8 Å². The molecule has 1 saturated heterocycles. The summed E-state index contributed by atoms with van der Waals surface area (Å²) in [5.74, 6) is 0.479. The number of halogens is 1. The molecule has 0 bridgehead atoms. The Morgan fingerprint density at radius 3 is 2.72 bits per heavy atom. The van der Waals surface area contributed by atoms with Crippen molar-refractivity contribution < 1.29 is 22.9 Å². The Hall–Kier alpha value is -6.73. The summed E-state index contributed by atoms with van der Waals surface area (Å²) < 4.78 is 38.8. The molecule has 1 aliphatic heterocycles. The van der Waals surface area contributed by atoms with Crippen LogP contribution >= 0.6 is 0 Å². The minimum absolute atomic E-state index is 0.126. The maximum Gasteiger partial charge on any atom is 0.322 e. The van der Waals surface area contributed by atoms with Gasteiger partial charge in [-0.15, -0.1) is 5.10 Å². The third-order valence-electron chi connectivity index (χ3n) is 10.9. The summed E-state index contributed by atoms with van der Waals surface area (Å²) in [7, 11) is 1.79. The third-order valence-corrected chi connectivity index (χ3v) is 12.3. The zero-order valence-corrected chi connectivity index (χ0v) is 34.8. The highest BCUT2D eigenvalue weighted by atomic mass is 32.2. The molecule has 1 saturated carbocycles. The molecule has 1 aliphatic carbocycles. The van der Waals surface area contributed by atoms with Gasteiger partial charge in [-0.25, -0.2) is 18.4 Å². The highest BCUT2D eigenvalue weighted by Crippen LogP contribution is 2.42. The summed E-state index contributed by atoms with van der Waals surface area (Å²) in [5, 5.41) is 22.3. The second-order valence-electron chi connectivity index (χ2n) is 15.3. The topological polar surface area (TPSA) is 184 Å². The van der Waals surface area contributed by atoms with Gasteiger partial charge in [-0.2, -0.15) is 19.7 Å². The second-order valence-corrected chi connectivity index (χ2v) is 16.8. The van der Waals surface area contributed by atoms with Crippen molar-refractivity contribution in [2.45, 2.75) is 61.2 Å². The van der Waals surface area contributed by atoms with E-state index in [4.69, 9.17) is 4.74 Å². The van der Waals surface area contributed by atoms with Crippen molar-refractivity contribution in [1.29, 1.82) is 0 Å². The van der Waals surface area contributed by atoms with Gasteiger partial charge in [-0.05, 0) is 74.4 Å². The smallest absolute Gasteiger partial charge is 0.322 e. The third kappa shape index (κ3) is 7.77. The highest BCUT2D eigenvalue weighted by Gasteiger charge is 2.49. The van der Waals surface area contributed by atoms with Crippen LogP contribution in [0.1, 0.15) is 32.3 Å². The summed E-state index contributed by atoms with van der Waals surface area (Å²) >= 11 is 0. The van der Waals surface area contributed by atoms with Crippen molar-refractivity contribution >= 4 is 62.8 Å². The lowest BCUT2D eigenvalue weighted by Crippen LogP contribution is -2.46. The van der Waals surface area contributed by atoms with Gasteiger partial charge in [-0.3, -0.25) is 19.6 Å². The number of ether oxygens (including phenoxy) is 1. The Morgan fingerprint density at radius 2 is 1.95 bits per heavy atom. The number of fused-ring (bicyclic) bond motifs is 3. The molecule has 3 atom stereocenters. The van der Waals surface area contributed by atoms with Gasteiger partial charge in [0.2, 0.25) is 11.6 Å². The van der Waals surface area contributed by atoms with Crippen LogP contribution in [0.15, 0.2) is 89.2 Å². The van der Waals surface area contributed by atoms with Gasteiger partial charge < -0.3 is 25.1 Å². The fraction of sp³-hybridized carbons (Fsp3) is 0.310. The normalized spacial score (nSPS) is 16.8. The van der Waals surface area contributed by atoms with Gasteiger partial charge in [0, 0.05) is 91.4 Å². The summed E-state index contributed by atoms with van der Waals surface area (Å²) in [6.07, 6.45) is 6.71. The van der Waals surface area contributed by atoms with Crippen LogP contribution in [0.2, 0.25) is 0 Å². The van der Waals surface area contributed by atoms with E-state index in [1.165, 1.54) is 27.9 Å². The number of nitrogens with zero attached hydrogens (tertiary/aromatic N) is 10. The van der Waals surface area contributed by atoms with Gasteiger partial charge in [0.05, 0.1) is 34.3 Å². The van der Waals surface area contributed by atoms with Crippen molar-refractivity contribution in [3.63, 3.8) is 0 Å². The van der Waals surface area contributed by atoms with Crippen LogP contribution in [0, 0.1) is 5.82 Å². The number of aryl methyl sites for hydroxylation is 1. The molecular weight excluding hydrogens is 802 g/mol. The molecule has 3 N–H and O–H groups in total. The number of piperazine rings is 1.